The van der Waals surface area contributed by atoms with E-state index in [9.17, 15) is 0 Å². The van der Waals surface area contributed by atoms with Gasteiger partial charge in [-0.3, -0.25) is 0 Å². The molecule has 386 valence electrons. The first-order valence-electron chi connectivity index (χ1n) is 31.6. The number of unbranched alkanes of at least 4 members (excludes halogenated alkanes) is 51. The Morgan fingerprint density at radius 3 is 0.344 bits per heavy atom. The lowest BCUT2D eigenvalue weighted by Crippen LogP contribution is -2.50. The SMILES string of the molecule is CCCCCCCCCCCCCCCCCCC[N+](CCCCCC)(CCCCCCCCCCCCCCCCCCC)CCCCCCCCCCCCCCCCCCC. The lowest BCUT2D eigenvalue weighted by Gasteiger charge is -2.40. The zero-order chi connectivity index (χ0) is 46.2. The van der Waals surface area contributed by atoms with E-state index in [0.29, 0.717) is 0 Å². The Hall–Kier alpha value is -0.0400. The molecule has 0 radical (unpaired) electrons. The number of hydrogen-bond acceptors (Lipinski definition) is 0. The van der Waals surface area contributed by atoms with Crippen molar-refractivity contribution in [1.82, 2.24) is 0 Å². The predicted octanol–water partition coefficient (Wildman–Crippen LogP) is 23.3. The molecule has 0 N–H and O–H groups in total. The van der Waals surface area contributed by atoms with Crippen LogP contribution in [0.5, 0.6) is 0 Å². The zero-order valence-corrected chi connectivity index (χ0v) is 46.2. The minimum absolute atomic E-state index is 1.37. The van der Waals surface area contributed by atoms with Gasteiger partial charge in [-0.15, -0.1) is 0 Å². The molecule has 0 saturated carbocycles. The van der Waals surface area contributed by atoms with E-state index in [1.807, 2.05) is 0 Å². The molecule has 1 nitrogen and oxygen atoms in total. The van der Waals surface area contributed by atoms with Gasteiger partial charge in [0, 0.05) is 0 Å². The van der Waals surface area contributed by atoms with Gasteiger partial charge < -0.3 is 4.48 Å². The molecular formula is C63H130N+. The highest BCUT2D eigenvalue weighted by atomic mass is 15.3. The molecule has 0 amide bonds. The van der Waals surface area contributed by atoms with Crippen LogP contribution in [0.25, 0.3) is 0 Å². The molecule has 0 aromatic heterocycles. The van der Waals surface area contributed by atoms with E-state index in [1.165, 1.54) is 384 Å². The van der Waals surface area contributed by atoms with E-state index in [2.05, 4.69) is 27.7 Å². The van der Waals surface area contributed by atoms with E-state index >= 15 is 0 Å². The summed E-state index contributed by atoms with van der Waals surface area (Å²) in [7, 11) is 0. The van der Waals surface area contributed by atoms with Gasteiger partial charge in [-0.1, -0.05) is 329 Å². The molecule has 0 aliphatic carbocycles. The fourth-order valence-electron chi connectivity index (χ4n) is 11.1. The van der Waals surface area contributed by atoms with Crippen LogP contribution < -0.4 is 0 Å². The third-order valence-electron chi connectivity index (χ3n) is 15.7. The number of nitrogens with zero attached hydrogens (tertiary/aromatic N) is 1. The van der Waals surface area contributed by atoms with Crippen molar-refractivity contribution in [2.45, 2.75) is 381 Å². The smallest absolute Gasteiger partial charge is 0.0786 e. The molecule has 0 saturated heterocycles. The summed E-state index contributed by atoms with van der Waals surface area (Å²) < 4.78 is 1.49. The first kappa shape index (κ1) is 64.0. The Bertz CT molecular complexity index is 695. The molecule has 0 heterocycles. The van der Waals surface area contributed by atoms with E-state index < -0.39 is 0 Å². The zero-order valence-electron chi connectivity index (χ0n) is 46.2. The Labute approximate surface area is 409 Å². The molecule has 0 aromatic rings. The maximum atomic E-state index is 2.40. The maximum absolute atomic E-state index is 2.40. The Morgan fingerprint density at radius 1 is 0.125 bits per heavy atom. The molecule has 0 aromatic carbocycles. The molecule has 0 spiro atoms. The van der Waals surface area contributed by atoms with Gasteiger partial charge in [0.1, 0.15) is 0 Å². The average Bonchev–Trinajstić information content (AvgIpc) is 3.30. The summed E-state index contributed by atoms with van der Waals surface area (Å²) in [5, 5.41) is 0. The molecule has 0 aliphatic heterocycles. The van der Waals surface area contributed by atoms with E-state index in [1.54, 1.807) is 0 Å². The summed E-state index contributed by atoms with van der Waals surface area (Å²) >= 11 is 0. The molecule has 0 bridgehead atoms. The molecule has 1 heteroatoms. The van der Waals surface area contributed by atoms with Crippen molar-refractivity contribution in [2.24, 2.45) is 0 Å². The number of quaternary nitrogens is 1. The molecule has 0 atom stereocenters. The maximum Gasteiger partial charge on any atom is 0.0786 e. The minimum Gasteiger partial charge on any atom is -0.324 e. The molecule has 0 aliphatic rings. The van der Waals surface area contributed by atoms with Crippen molar-refractivity contribution in [1.29, 1.82) is 0 Å². The topological polar surface area (TPSA) is 0 Å². The molecule has 64 heavy (non-hydrogen) atoms. The largest absolute Gasteiger partial charge is 0.324 e. The van der Waals surface area contributed by atoms with Crippen LogP contribution in [0.2, 0.25) is 0 Å². The molecule has 0 rings (SSSR count). The van der Waals surface area contributed by atoms with E-state index in [4.69, 9.17) is 0 Å². The normalized spacial score (nSPS) is 12.0. The van der Waals surface area contributed by atoms with Gasteiger partial charge in [0.05, 0.1) is 26.2 Å². The van der Waals surface area contributed by atoms with Gasteiger partial charge in [0.2, 0.25) is 0 Å². The van der Waals surface area contributed by atoms with Crippen LogP contribution in [0.4, 0.5) is 0 Å². The third kappa shape index (κ3) is 51.4. The molecule has 0 unspecified atom stereocenters. The second-order valence-electron chi connectivity index (χ2n) is 22.3. The second-order valence-corrected chi connectivity index (χ2v) is 22.3. The lowest BCUT2D eigenvalue weighted by molar-refractivity contribution is -0.929. The Balaban J connectivity index is 4.55. The van der Waals surface area contributed by atoms with Crippen molar-refractivity contribution in [3.05, 3.63) is 0 Å². The van der Waals surface area contributed by atoms with E-state index in [-0.39, 0.29) is 0 Å². The Kier molecular flexibility index (Phi) is 57.2. The van der Waals surface area contributed by atoms with Gasteiger partial charge in [-0.05, 0) is 51.4 Å². The van der Waals surface area contributed by atoms with E-state index in [0.717, 1.165) is 0 Å². The highest BCUT2D eigenvalue weighted by Gasteiger charge is 2.25. The fraction of sp³-hybridized carbons (Fsp3) is 1.00. The van der Waals surface area contributed by atoms with Crippen LogP contribution in [-0.4, -0.2) is 30.7 Å². The first-order valence-corrected chi connectivity index (χ1v) is 31.6. The van der Waals surface area contributed by atoms with Gasteiger partial charge in [0.15, 0.2) is 0 Å². The number of hydrogen-bond donors (Lipinski definition) is 0. The van der Waals surface area contributed by atoms with Crippen LogP contribution in [0, 0.1) is 0 Å². The van der Waals surface area contributed by atoms with Gasteiger partial charge in [-0.2, -0.15) is 0 Å². The van der Waals surface area contributed by atoms with Crippen LogP contribution in [0.15, 0.2) is 0 Å². The number of rotatable bonds is 59. The molecule has 0 fully saturated rings. The van der Waals surface area contributed by atoms with Crippen LogP contribution in [0.1, 0.15) is 381 Å². The summed E-state index contributed by atoms with van der Waals surface area (Å²) in [6, 6.07) is 0. The second kappa shape index (κ2) is 57.3. The predicted molar refractivity (Wildman–Crippen MR) is 296 cm³/mol. The standard InChI is InChI=1S/C63H130N/c1-5-9-13-17-20-23-26-29-32-35-38-41-44-47-50-53-57-61-64(60-56-16-12-8-4,62-58-54-51-48-45-42-39-36-33-30-27-24-21-18-14-10-6-2)63-59-55-52-49-46-43-40-37-34-31-28-25-22-19-15-11-7-3/h5-63H2,1-4H3/q+1. The Morgan fingerprint density at radius 2 is 0.219 bits per heavy atom. The van der Waals surface area contributed by atoms with Gasteiger partial charge >= 0.3 is 0 Å². The quantitative estimate of drug-likeness (QED) is 0.0421. The highest BCUT2D eigenvalue weighted by Crippen LogP contribution is 2.22. The van der Waals surface area contributed by atoms with Crippen molar-refractivity contribution in [3.63, 3.8) is 0 Å². The fourth-order valence-corrected chi connectivity index (χ4v) is 11.1. The van der Waals surface area contributed by atoms with Crippen molar-refractivity contribution in [3.8, 4) is 0 Å². The molecular weight excluding hydrogens is 771 g/mol. The van der Waals surface area contributed by atoms with Crippen molar-refractivity contribution < 1.29 is 4.48 Å². The van der Waals surface area contributed by atoms with Gasteiger partial charge in [0.25, 0.3) is 0 Å². The van der Waals surface area contributed by atoms with Crippen molar-refractivity contribution >= 4 is 0 Å². The summed E-state index contributed by atoms with van der Waals surface area (Å²) in [5.41, 5.74) is 0. The summed E-state index contributed by atoms with van der Waals surface area (Å²) in [5.74, 6) is 0. The minimum atomic E-state index is 1.37. The lowest BCUT2D eigenvalue weighted by atomic mass is 10.0. The van der Waals surface area contributed by atoms with Crippen LogP contribution in [0.3, 0.4) is 0 Å². The van der Waals surface area contributed by atoms with Gasteiger partial charge in [-0.25, -0.2) is 0 Å². The highest BCUT2D eigenvalue weighted by molar-refractivity contribution is 4.57. The summed E-state index contributed by atoms with van der Waals surface area (Å²) in [6.07, 6.45) is 81.2. The first-order chi connectivity index (χ1) is 31.7. The van der Waals surface area contributed by atoms with Crippen molar-refractivity contribution in [2.75, 3.05) is 26.2 Å². The van der Waals surface area contributed by atoms with Crippen LogP contribution in [-0.2, 0) is 0 Å². The monoisotopic (exact) mass is 901 g/mol. The average molecular weight is 902 g/mol. The third-order valence-corrected chi connectivity index (χ3v) is 15.7. The summed E-state index contributed by atoms with van der Waals surface area (Å²) in [6.45, 7) is 15.3. The summed E-state index contributed by atoms with van der Waals surface area (Å²) in [4.78, 5) is 0. The van der Waals surface area contributed by atoms with Crippen LogP contribution >= 0.6 is 0 Å².